The second-order valence-corrected chi connectivity index (χ2v) is 35.2. The van der Waals surface area contributed by atoms with Crippen molar-refractivity contribution in [3.8, 4) is 61.8 Å². The van der Waals surface area contributed by atoms with Gasteiger partial charge in [0.1, 0.15) is 23.4 Å². The van der Waals surface area contributed by atoms with E-state index in [1.807, 2.05) is 18.3 Å². The first-order valence-electron chi connectivity index (χ1n) is 34.9. The van der Waals surface area contributed by atoms with E-state index < -0.39 is 16.1 Å². The van der Waals surface area contributed by atoms with Gasteiger partial charge in [-0.25, -0.2) is 4.98 Å². The van der Waals surface area contributed by atoms with Crippen LogP contribution in [0.2, 0.25) is 0 Å². The fourth-order valence-electron chi connectivity index (χ4n) is 16.4. The number of hydrogen-bond acceptors (Lipinski definition) is 2. The molecule has 0 fully saturated rings. The summed E-state index contributed by atoms with van der Waals surface area (Å²) in [5.41, 5.74) is 16.4. The number of ether oxygens (including phenoxy) is 1. The van der Waals surface area contributed by atoms with Gasteiger partial charge in [0.2, 0.25) is 0 Å². The van der Waals surface area contributed by atoms with Crippen molar-refractivity contribution in [3.63, 3.8) is 0 Å². The third-order valence-electron chi connectivity index (χ3n) is 21.0. The number of hydrogen-bond donors (Lipinski definition) is 0. The van der Waals surface area contributed by atoms with Gasteiger partial charge in [-0.3, -0.25) is 0 Å². The molecule has 490 valence electrons. The number of pyridine rings is 1. The summed E-state index contributed by atoms with van der Waals surface area (Å²) in [6, 6.07) is 138. The SMILES string of the molecule is CC(C)(C)c1ccnc(-n2c3[c-]c(Oc4[c-]c(C5[C-]=[N+]6c7c(-c8ccc([Si](c9ccccc9)(c9ccccc9)c9ccccc9)cc8)cccc7-c7ccc([Si](c8ccccc8)(c8ccccc8)c8ccccc8)cc7-c7ccccc7-c7cccc5c76)ccc4)ccc3c3ccccc32)c1.[Pt]. The van der Waals surface area contributed by atoms with Crippen molar-refractivity contribution in [2.24, 2.45) is 0 Å². The molecule has 0 bridgehead atoms. The predicted molar refractivity (Wildman–Crippen MR) is 425 cm³/mol. The molecule has 0 aliphatic carbocycles. The summed E-state index contributed by atoms with van der Waals surface area (Å²) in [5, 5.41) is 12.8. The third kappa shape index (κ3) is 10.7. The quantitative estimate of drug-likeness (QED) is 0.0498. The summed E-state index contributed by atoms with van der Waals surface area (Å²) in [7, 11) is -5.89. The molecule has 0 N–H and O–H groups in total. The normalized spacial score (nSPS) is 13.1. The van der Waals surface area contributed by atoms with Gasteiger partial charge in [-0.05, 0) is 126 Å². The molecule has 18 rings (SSSR count). The maximum atomic E-state index is 6.96. The Balaban J connectivity index is 0.00000774. The Morgan fingerprint density at radius 3 is 1.42 bits per heavy atom. The maximum Gasteiger partial charge on any atom is 0.179 e. The van der Waals surface area contributed by atoms with Crippen LogP contribution in [0.1, 0.15) is 43.4 Å². The molecule has 0 radical (unpaired) electrons. The maximum absolute atomic E-state index is 6.96. The zero-order chi connectivity index (χ0) is 67.7. The second-order valence-electron chi connectivity index (χ2n) is 27.6. The molecule has 0 amide bonds. The van der Waals surface area contributed by atoms with Crippen molar-refractivity contribution in [1.29, 1.82) is 0 Å². The minimum atomic E-state index is -3.01. The van der Waals surface area contributed by atoms with Crippen LogP contribution in [-0.4, -0.2) is 31.9 Å². The summed E-state index contributed by atoms with van der Waals surface area (Å²) in [6.07, 6.45) is 6.17. The first-order chi connectivity index (χ1) is 49.7. The molecular weight excluding hydrogens is 1450 g/mol. The van der Waals surface area contributed by atoms with E-state index in [1.165, 1.54) is 52.6 Å². The van der Waals surface area contributed by atoms with Crippen molar-refractivity contribution in [1.82, 2.24) is 14.1 Å². The van der Waals surface area contributed by atoms with Crippen LogP contribution in [0.25, 0.3) is 72.1 Å². The molecule has 102 heavy (non-hydrogen) atoms. The summed E-state index contributed by atoms with van der Waals surface area (Å²) < 4.78 is 11.6. The number of rotatable bonds is 13. The molecule has 16 aromatic rings. The molecule has 1 unspecified atom stereocenters. The summed E-state index contributed by atoms with van der Waals surface area (Å²) in [4.78, 5) is 4.96. The fourth-order valence-corrected chi connectivity index (χ4v) is 25.9. The zero-order valence-electron chi connectivity index (χ0n) is 56.7. The van der Waals surface area contributed by atoms with Crippen molar-refractivity contribution in [3.05, 3.63) is 387 Å². The van der Waals surface area contributed by atoms with Crippen molar-refractivity contribution in [2.75, 3.05) is 0 Å². The fraction of sp³-hybridized carbons (Fsp3) is 0.0526. The van der Waals surface area contributed by atoms with Gasteiger partial charge in [0, 0.05) is 50.2 Å². The molecule has 4 heterocycles. The van der Waals surface area contributed by atoms with Crippen LogP contribution in [-0.2, 0) is 26.5 Å². The van der Waals surface area contributed by atoms with Crippen molar-refractivity contribution < 1.29 is 25.8 Å². The van der Waals surface area contributed by atoms with Gasteiger partial charge in [-0.15, -0.1) is 29.7 Å². The molecule has 2 aliphatic heterocycles. The first-order valence-corrected chi connectivity index (χ1v) is 38.9. The van der Waals surface area contributed by atoms with Gasteiger partial charge in [0.25, 0.3) is 0 Å². The van der Waals surface area contributed by atoms with Crippen LogP contribution in [0.5, 0.6) is 11.5 Å². The molecule has 1 atom stereocenters. The molecule has 14 aromatic carbocycles. The summed E-state index contributed by atoms with van der Waals surface area (Å²) >= 11 is 0. The van der Waals surface area contributed by atoms with Crippen LogP contribution in [0.4, 0.5) is 11.4 Å². The number of benzene rings is 14. The second kappa shape index (κ2) is 26.3. The topological polar surface area (TPSA) is 30.1 Å². The van der Waals surface area contributed by atoms with E-state index in [0.717, 1.165) is 89.1 Å². The van der Waals surface area contributed by atoms with Crippen LogP contribution >= 0.6 is 0 Å². The molecule has 4 nitrogen and oxygen atoms in total. The number of fused-ring (bicyclic) bond motifs is 10. The van der Waals surface area contributed by atoms with Gasteiger partial charge in [0.15, 0.2) is 16.1 Å². The van der Waals surface area contributed by atoms with Gasteiger partial charge >= 0.3 is 0 Å². The minimum Gasteiger partial charge on any atom is -0.509 e. The number of nitrogens with zero attached hydrogens (tertiary/aromatic N) is 3. The predicted octanol–water partition coefficient (Wildman–Crippen LogP) is 17.5. The third-order valence-corrected chi connectivity index (χ3v) is 30.5. The van der Waals surface area contributed by atoms with Crippen molar-refractivity contribution in [2.45, 2.75) is 32.1 Å². The number of para-hydroxylation sites is 3. The van der Waals surface area contributed by atoms with E-state index in [-0.39, 0.29) is 32.4 Å². The Kier molecular flexibility index (Phi) is 16.5. The largest absolute Gasteiger partial charge is 0.509 e. The van der Waals surface area contributed by atoms with Crippen LogP contribution in [0.15, 0.2) is 358 Å². The minimum absolute atomic E-state index is 0. The van der Waals surface area contributed by atoms with E-state index in [1.54, 1.807) is 0 Å². The van der Waals surface area contributed by atoms with E-state index in [0.29, 0.717) is 11.5 Å². The number of aromatic nitrogens is 2. The molecule has 2 aliphatic rings. The van der Waals surface area contributed by atoms with Gasteiger partial charge in [0.05, 0.1) is 0 Å². The Morgan fingerprint density at radius 2 is 0.833 bits per heavy atom. The van der Waals surface area contributed by atoms with E-state index in [2.05, 4.69) is 388 Å². The smallest absolute Gasteiger partial charge is 0.179 e. The first kappa shape index (κ1) is 64.0. The molecule has 0 saturated carbocycles. The zero-order valence-corrected chi connectivity index (χ0v) is 61.0. The molecule has 2 aromatic heterocycles. The van der Waals surface area contributed by atoms with Crippen LogP contribution in [0, 0.1) is 12.1 Å². The molecule has 0 saturated heterocycles. The average molecular weight is 1520 g/mol. The van der Waals surface area contributed by atoms with E-state index in [4.69, 9.17) is 9.72 Å². The van der Waals surface area contributed by atoms with Gasteiger partial charge in [-0.1, -0.05) is 330 Å². The Labute approximate surface area is 613 Å². The van der Waals surface area contributed by atoms with Crippen LogP contribution in [0.3, 0.4) is 0 Å². The van der Waals surface area contributed by atoms with E-state index >= 15 is 0 Å². The molecule has 7 heteroatoms. The Morgan fingerprint density at radius 1 is 0.373 bits per heavy atom. The average Bonchev–Trinajstić information content (AvgIpc) is 1.50. The standard InChI is InChI=1S/C95H69N3OSi2.Pt/c1-95(2,3)68-59-60-96-92(62-68)98-90-50-25-24-45-83(90)84-57-53-70(63-91(84)98)99-69-30-26-29-67(61-69)89-65-97-93-79(66-51-54-77(55-52-66)100(71-31-10-4-11-32-71,72-33-12-5-13-34-72)73-35-14-6-15-36-73)46-27-47-86(93)82-58-56-78(64-88(82)81-44-23-22-43-80(81)85-48-28-49-87(89)94(85)97)101(74-37-16-7-17-38-74,75-39-18-8-19-40-75)76-41-20-9-21-42-76;/h4-60,62,64,89H,1-3H3;/q-2;. The van der Waals surface area contributed by atoms with E-state index in [9.17, 15) is 0 Å². The van der Waals surface area contributed by atoms with Crippen LogP contribution < -0.4 is 50.8 Å². The summed E-state index contributed by atoms with van der Waals surface area (Å²) in [5.74, 6) is 1.67. The van der Waals surface area contributed by atoms with Crippen molar-refractivity contribution >= 4 is 97.0 Å². The molecule has 0 spiro atoms. The Bertz CT molecular complexity index is 5650. The molecular formula is C95H69N3OPtSi2-2. The summed E-state index contributed by atoms with van der Waals surface area (Å²) in [6.45, 7) is 6.72. The van der Waals surface area contributed by atoms with Gasteiger partial charge in [-0.2, -0.15) is 23.8 Å². The monoisotopic (exact) mass is 1520 g/mol. The van der Waals surface area contributed by atoms with Gasteiger partial charge < -0.3 is 13.9 Å². The Hall–Kier alpha value is -11.4.